The molecule has 180 valence electrons. The highest BCUT2D eigenvalue weighted by Crippen LogP contribution is 2.44. The van der Waals surface area contributed by atoms with E-state index in [2.05, 4.69) is 65.4 Å². The van der Waals surface area contributed by atoms with E-state index in [9.17, 15) is 4.79 Å². The molecular formula is C28H36N4O2. The number of piperazine rings is 1. The van der Waals surface area contributed by atoms with Gasteiger partial charge in [-0.15, -0.1) is 0 Å². The van der Waals surface area contributed by atoms with Crippen molar-refractivity contribution < 1.29 is 4.74 Å². The summed E-state index contributed by atoms with van der Waals surface area (Å²) in [4.78, 5) is 18.2. The Bertz CT molecular complexity index is 1180. The third-order valence-electron chi connectivity index (χ3n) is 7.79. The van der Waals surface area contributed by atoms with Crippen LogP contribution in [0.15, 0.2) is 59.5 Å². The minimum atomic E-state index is -0.137. The molecule has 5 rings (SSSR count). The van der Waals surface area contributed by atoms with Crippen molar-refractivity contribution >= 4 is 5.69 Å². The van der Waals surface area contributed by atoms with Crippen molar-refractivity contribution in [3.8, 4) is 5.69 Å². The van der Waals surface area contributed by atoms with Crippen molar-refractivity contribution in [2.45, 2.75) is 44.8 Å². The number of benzene rings is 2. The van der Waals surface area contributed by atoms with Crippen LogP contribution in [-0.4, -0.2) is 54.4 Å². The van der Waals surface area contributed by atoms with Crippen LogP contribution in [0.5, 0.6) is 0 Å². The molecule has 0 unspecified atom stereocenters. The predicted molar refractivity (Wildman–Crippen MR) is 137 cm³/mol. The quantitative estimate of drug-likeness (QED) is 0.535. The van der Waals surface area contributed by atoms with Gasteiger partial charge < -0.3 is 14.5 Å². The van der Waals surface area contributed by atoms with Gasteiger partial charge in [0.25, 0.3) is 0 Å². The molecule has 1 saturated heterocycles. The number of aryl methyl sites for hydroxylation is 3. The van der Waals surface area contributed by atoms with Gasteiger partial charge in [0.2, 0.25) is 0 Å². The molecule has 0 N–H and O–H groups in total. The van der Waals surface area contributed by atoms with Crippen molar-refractivity contribution in [1.29, 1.82) is 0 Å². The van der Waals surface area contributed by atoms with Crippen molar-refractivity contribution in [1.82, 2.24) is 14.0 Å². The third kappa shape index (κ3) is 4.21. The van der Waals surface area contributed by atoms with Crippen molar-refractivity contribution in [3.05, 3.63) is 82.0 Å². The molecule has 34 heavy (non-hydrogen) atoms. The molecule has 1 aliphatic heterocycles. The summed E-state index contributed by atoms with van der Waals surface area (Å²) >= 11 is 0. The molecule has 6 nitrogen and oxygen atoms in total. The molecule has 0 amide bonds. The largest absolute Gasteiger partial charge is 0.374 e. The van der Waals surface area contributed by atoms with E-state index in [1.807, 2.05) is 22.3 Å². The lowest BCUT2D eigenvalue weighted by Gasteiger charge is -2.41. The molecule has 1 saturated carbocycles. The smallest absolute Gasteiger partial charge is 0.332 e. The number of ether oxygens (including phenoxy) is 1. The number of para-hydroxylation sites is 1. The third-order valence-corrected chi connectivity index (χ3v) is 7.79. The predicted octanol–water partition coefficient (Wildman–Crippen LogP) is 3.97. The first-order valence-corrected chi connectivity index (χ1v) is 12.5. The van der Waals surface area contributed by atoms with Gasteiger partial charge in [0.15, 0.2) is 0 Å². The van der Waals surface area contributed by atoms with Crippen LogP contribution < -0.4 is 10.6 Å². The Labute approximate surface area is 202 Å². The lowest BCUT2D eigenvalue weighted by molar-refractivity contribution is -0.0778. The molecule has 0 radical (unpaired) electrons. The summed E-state index contributed by atoms with van der Waals surface area (Å²) in [6.45, 7) is 6.93. The fourth-order valence-electron chi connectivity index (χ4n) is 5.43. The van der Waals surface area contributed by atoms with Gasteiger partial charge in [0.05, 0.1) is 11.3 Å². The number of methoxy groups -OCH3 is 1. The van der Waals surface area contributed by atoms with Crippen LogP contribution in [0.1, 0.15) is 36.1 Å². The topological polar surface area (TPSA) is 42.6 Å². The number of rotatable bonds is 7. The molecule has 1 aromatic heterocycles. The first-order chi connectivity index (χ1) is 16.5. The normalized spacial score (nSPS) is 18.1. The number of aromatic nitrogens is 2. The second-order valence-corrected chi connectivity index (χ2v) is 9.85. The van der Waals surface area contributed by atoms with Gasteiger partial charge in [-0.2, -0.15) is 0 Å². The fraction of sp³-hybridized carbons (Fsp3) is 0.464. The van der Waals surface area contributed by atoms with Gasteiger partial charge in [0, 0.05) is 57.4 Å². The number of likely N-dealkylation sites (N-methyl/N-ethyl adjacent to an activating group) is 1. The van der Waals surface area contributed by atoms with E-state index in [-0.39, 0.29) is 11.3 Å². The molecule has 2 heterocycles. The van der Waals surface area contributed by atoms with Crippen LogP contribution >= 0.6 is 0 Å². The summed E-state index contributed by atoms with van der Waals surface area (Å²) in [5.41, 5.74) is 5.56. The summed E-state index contributed by atoms with van der Waals surface area (Å²) in [7, 11) is 3.98. The second kappa shape index (κ2) is 9.43. The highest BCUT2D eigenvalue weighted by molar-refractivity contribution is 5.54. The van der Waals surface area contributed by atoms with Gasteiger partial charge in [-0.3, -0.25) is 9.13 Å². The zero-order valence-electron chi connectivity index (χ0n) is 20.7. The average molecular weight is 461 g/mol. The lowest BCUT2D eigenvalue weighted by Crippen LogP contribution is -2.44. The first-order valence-electron chi connectivity index (χ1n) is 12.5. The Kier molecular flexibility index (Phi) is 6.36. The Morgan fingerprint density at radius 1 is 0.971 bits per heavy atom. The lowest BCUT2D eigenvalue weighted by atomic mass is 9.75. The van der Waals surface area contributed by atoms with Gasteiger partial charge >= 0.3 is 5.69 Å². The first kappa shape index (κ1) is 22.9. The minimum Gasteiger partial charge on any atom is -0.374 e. The molecule has 2 aromatic carbocycles. The number of imidazole rings is 1. The van der Waals surface area contributed by atoms with Crippen LogP contribution in [0.2, 0.25) is 0 Å². The number of nitrogens with zero attached hydrogens (tertiary/aromatic N) is 4. The maximum absolute atomic E-state index is 13.3. The van der Waals surface area contributed by atoms with E-state index in [0.717, 1.165) is 56.8 Å². The SMILES string of the molecule is COC1(c2ccc(-n3c(C)cn(CCc4ccccc4N4CCN(C)CC4)c3=O)cc2)CCC1. The Morgan fingerprint density at radius 3 is 2.32 bits per heavy atom. The van der Waals surface area contributed by atoms with Crippen LogP contribution in [0.3, 0.4) is 0 Å². The van der Waals surface area contributed by atoms with Gasteiger partial charge in [-0.05, 0) is 69.0 Å². The van der Waals surface area contributed by atoms with Crippen molar-refractivity contribution in [2.75, 3.05) is 45.2 Å². The van der Waals surface area contributed by atoms with E-state index < -0.39 is 0 Å². The molecule has 2 aliphatic rings. The van der Waals surface area contributed by atoms with Crippen LogP contribution in [0, 0.1) is 6.92 Å². The molecular weight excluding hydrogens is 424 g/mol. The average Bonchev–Trinajstić information content (AvgIpc) is 3.11. The molecule has 1 aliphatic carbocycles. The van der Waals surface area contributed by atoms with Crippen LogP contribution in [0.4, 0.5) is 5.69 Å². The zero-order valence-corrected chi connectivity index (χ0v) is 20.7. The van der Waals surface area contributed by atoms with E-state index in [4.69, 9.17) is 4.74 Å². The molecule has 6 heteroatoms. The van der Waals surface area contributed by atoms with Gasteiger partial charge in [0.1, 0.15) is 0 Å². The monoisotopic (exact) mass is 460 g/mol. The summed E-state index contributed by atoms with van der Waals surface area (Å²) in [5, 5.41) is 0. The number of anilines is 1. The summed E-state index contributed by atoms with van der Waals surface area (Å²) in [6.07, 6.45) is 6.15. The highest BCUT2D eigenvalue weighted by Gasteiger charge is 2.38. The molecule has 0 spiro atoms. The van der Waals surface area contributed by atoms with Gasteiger partial charge in [-0.1, -0.05) is 30.3 Å². The molecule has 3 aromatic rings. The minimum absolute atomic E-state index is 0.0208. The van der Waals surface area contributed by atoms with Gasteiger partial charge in [-0.25, -0.2) is 4.79 Å². The number of hydrogen-bond acceptors (Lipinski definition) is 4. The van der Waals surface area contributed by atoms with Crippen LogP contribution in [-0.2, 0) is 23.3 Å². The maximum Gasteiger partial charge on any atom is 0.332 e. The summed E-state index contributed by atoms with van der Waals surface area (Å²) in [6, 6.07) is 17.0. The molecule has 2 fully saturated rings. The second-order valence-electron chi connectivity index (χ2n) is 9.85. The van der Waals surface area contributed by atoms with Crippen molar-refractivity contribution in [2.24, 2.45) is 0 Å². The van der Waals surface area contributed by atoms with Crippen LogP contribution in [0.25, 0.3) is 5.69 Å². The molecule has 0 atom stereocenters. The fourth-order valence-corrected chi connectivity index (χ4v) is 5.43. The Balaban J connectivity index is 1.33. The van der Waals surface area contributed by atoms with E-state index in [0.29, 0.717) is 6.54 Å². The zero-order chi connectivity index (χ0) is 23.7. The van der Waals surface area contributed by atoms with E-state index in [1.165, 1.54) is 23.2 Å². The van der Waals surface area contributed by atoms with E-state index >= 15 is 0 Å². The Hall–Kier alpha value is -2.83. The highest BCUT2D eigenvalue weighted by atomic mass is 16.5. The standard InChI is InChI=1S/C28H36N4O2/c1-22-21-31(16-13-23-7-4-5-8-26(23)30-19-17-29(2)18-20-30)27(33)32(22)25-11-9-24(10-12-25)28(34-3)14-6-15-28/h4-5,7-12,21H,6,13-20H2,1-3H3. The summed E-state index contributed by atoms with van der Waals surface area (Å²) in [5.74, 6) is 0. The van der Waals surface area contributed by atoms with Crippen molar-refractivity contribution in [3.63, 3.8) is 0 Å². The molecule has 0 bridgehead atoms. The Morgan fingerprint density at radius 2 is 1.68 bits per heavy atom. The van der Waals surface area contributed by atoms with E-state index in [1.54, 1.807) is 7.11 Å². The maximum atomic E-state index is 13.3. The number of hydrogen-bond donors (Lipinski definition) is 0. The summed E-state index contributed by atoms with van der Waals surface area (Å²) < 4.78 is 9.48.